The monoisotopic (exact) mass is 792 g/mol. The van der Waals surface area contributed by atoms with Gasteiger partial charge in [0.05, 0.1) is 21.8 Å². The van der Waals surface area contributed by atoms with E-state index in [1.54, 1.807) is 83.1 Å². The van der Waals surface area contributed by atoms with Gasteiger partial charge in [-0.3, -0.25) is 9.59 Å². The van der Waals surface area contributed by atoms with Gasteiger partial charge in [-0.1, -0.05) is 60.7 Å². The Morgan fingerprint density at radius 1 is 0.661 bits per heavy atom. The number of imidazole rings is 2. The van der Waals surface area contributed by atoms with Gasteiger partial charge >= 0.3 is 12.2 Å². The number of hydrogen-bond donors (Lipinski definition) is 6. The van der Waals surface area contributed by atoms with Crippen LogP contribution in [0.4, 0.5) is 9.59 Å². The van der Waals surface area contributed by atoms with Crippen LogP contribution >= 0.6 is 22.7 Å². The summed E-state index contributed by atoms with van der Waals surface area (Å²) in [7, 11) is 0. The number of carboxylic acid groups (broad SMARTS) is 2. The van der Waals surface area contributed by atoms with Gasteiger partial charge in [-0.05, 0) is 36.8 Å². The quantitative estimate of drug-likeness (QED) is 0.0848. The number of aromatic nitrogens is 6. The van der Waals surface area contributed by atoms with Gasteiger partial charge in [0.2, 0.25) is 0 Å². The van der Waals surface area contributed by atoms with E-state index >= 15 is 0 Å². The molecule has 0 aliphatic carbocycles. The minimum Gasteiger partial charge on any atom is -0.465 e. The second-order valence-electron chi connectivity index (χ2n) is 13.4. The van der Waals surface area contributed by atoms with Crippen molar-refractivity contribution in [3.05, 3.63) is 108 Å². The van der Waals surface area contributed by atoms with E-state index in [9.17, 15) is 29.4 Å². The Bertz CT molecular complexity index is 2200. The van der Waals surface area contributed by atoms with Gasteiger partial charge in [-0.15, -0.1) is 22.7 Å². The molecule has 0 radical (unpaired) electrons. The molecule has 2 fully saturated rings. The zero-order valence-electron chi connectivity index (χ0n) is 29.7. The summed E-state index contributed by atoms with van der Waals surface area (Å²) < 4.78 is 0. The van der Waals surface area contributed by atoms with Crippen LogP contribution in [0, 0.1) is 0 Å². The molecule has 2 unspecified atom stereocenters. The summed E-state index contributed by atoms with van der Waals surface area (Å²) in [5.74, 6) is 0.568. The minimum absolute atomic E-state index is 0.332. The molecular weight excluding hydrogens is 757 g/mol. The Morgan fingerprint density at radius 2 is 1.07 bits per heavy atom. The first kappa shape index (κ1) is 36.6. The van der Waals surface area contributed by atoms with E-state index in [0.717, 1.165) is 22.6 Å². The van der Waals surface area contributed by atoms with E-state index in [2.05, 4.69) is 30.6 Å². The Morgan fingerprint density at radius 3 is 1.46 bits per heavy atom. The molecule has 2 aromatic carbocycles. The van der Waals surface area contributed by atoms with Crippen molar-refractivity contribution in [2.45, 2.75) is 49.9 Å². The third-order valence-corrected chi connectivity index (χ3v) is 12.1. The van der Waals surface area contributed by atoms with Gasteiger partial charge in [-0.2, -0.15) is 0 Å². The molecule has 0 spiro atoms. The fourth-order valence-corrected chi connectivity index (χ4v) is 9.11. The smallest absolute Gasteiger partial charge is 0.405 e. The summed E-state index contributed by atoms with van der Waals surface area (Å²) in [5.41, 5.74) is 2.48. The molecule has 8 rings (SSSR count). The molecule has 2 aliphatic rings. The number of H-pyrrole nitrogens is 2. The van der Waals surface area contributed by atoms with E-state index in [1.165, 1.54) is 22.7 Å². The van der Waals surface area contributed by atoms with Crippen LogP contribution in [-0.2, 0) is 9.59 Å². The van der Waals surface area contributed by atoms with E-state index in [1.807, 2.05) is 12.1 Å². The molecule has 4 aromatic heterocycles. The second-order valence-corrected chi connectivity index (χ2v) is 15.4. The van der Waals surface area contributed by atoms with E-state index in [4.69, 9.17) is 9.97 Å². The molecule has 4 atom stereocenters. The largest absolute Gasteiger partial charge is 0.465 e. The number of thiazole rings is 2. The average molecular weight is 793 g/mol. The zero-order valence-corrected chi connectivity index (χ0v) is 31.3. The average Bonchev–Trinajstić information content (AvgIpc) is 4.06. The first-order valence-corrected chi connectivity index (χ1v) is 19.6. The van der Waals surface area contributed by atoms with Crippen molar-refractivity contribution in [2.24, 2.45) is 0 Å². The zero-order chi connectivity index (χ0) is 38.8. The van der Waals surface area contributed by atoms with Crippen LogP contribution in [0.1, 0.15) is 72.6 Å². The maximum absolute atomic E-state index is 13.7. The first-order chi connectivity index (χ1) is 27.2. The second kappa shape index (κ2) is 15.8. The van der Waals surface area contributed by atoms with Gasteiger partial charge in [0.25, 0.3) is 11.8 Å². The highest BCUT2D eigenvalue weighted by molar-refractivity contribution is 7.24. The molecule has 2 saturated heterocycles. The summed E-state index contributed by atoms with van der Waals surface area (Å²) in [5, 5.41) is 25.1. The summed E-state index contributed by atoms with van der Waals surface area (Å²) in [6, 6.07) is 14.9. The molecule has 4 amide bonds. The maximum atomic E-state index is 13.7. The van der Waals surface area contributed by atoms with Crippen molar-refractivity contribution >= 4 is 46.7 Å². The van der Waals surface area contributed by atoms with Gasteiger partial charge < -0.3 is 40.6 Å². The number of nitrogens with one attached hydrogen (secondary N) is 4. The van der Waals surface area contributed by atoms with E-state index in [-0.39, 0.29) is 23.9 Å². The molecule has 6 N–H and O–H groups in total. The highest BCUT2D eigenvalue weighted by Gasteiger charge is 2.38. The number of hydrogen-bond acceptors (Lipinski definition) is 10. The van der Waals surface area contributed by atoms with Gasteiger partial charge in [0.1, 0.15) is 35.1 Å². The molecule has 18 heteroatoms. The fourth-order valence-electron chi connectivity index (χ4n) is 7.32. The van der Waals surface area contributed by atoms with Crippen LogP contribution in [0.3, 0.4) is 0 Å². The summed E-state index contributed by atoms with van der Waals surface area (Å²) in [6.45, 7) is 0.962. The molecular formula is C38H36N10O6S2. The number of carbonyl (C=O) groups excluding carboxylic acids is 2. The lowest BCUT2D eigenvalue weighted by molar-refractivity contribution is -0.135. The number of aromatic amines is 2. The van der Waals surface area contributed by atoms with Crippen LogP contribution in [0.5, 0.6) is 0 Å². The third-order valence-electron chi connectivity index (χ3n) is 9.89. The number of likely N-dealkylation sites (tertiary alicyclic amines) is 2. The standard InChI is InChI=1S/C38H36N10O6S2/c49-35(29(45-37(51)52)21-9-3-1-4-10-21)47-15-7-13-25(47)31-39-17-23(43-31)27-19-41-33(55-27)34-42-20-28(56-34)24-18-40-32(44-24)26-14-8-16-48(26)36(50)30(46-38(53)54)22-11-5-2-6-12-22/h1-6,9-12,17-20,25-26,29-30,45-46H,7-8,13-16H2,(H,39,43)(H,40,44)(H,51,52)(H,53,54)/t25-,26?,29+,30?/m0/s1. The van der Waals surface area contributed by atoms with Gasteiger partial charge in [-0.25, -0.2) is 29.5 Å². The Hall–Kier alpha value is -6.40. The van der Waals surface area contributed by atoms with Crippen molar-refractivity contribution in [2.75, 3.05) is 13.1 Å². The summed E-state index contributed by atoms with van der Waals surface area (Å²) in [4.78, 5) is 81.1. The van der Waals surface area contributed by atoms with Crippen molar-refractivity contribution in [3.63, 3.8) is 0 Å². The van der Waals surface area contributed by atoms with Gasteiger partial charge in [0, 0.05) is 37.9 Å². The van der Waals surface area contributed by atoms with Crippen LogP contribution in [0.2, 0.25) is 0 Å². The predicted octanol–water partition coefficient (Wildman–Crippen LogP) is 6.39. The maximum Gasteiger partial charge on any atom is 0.405 e. The summed E-state index contributed by atoms with van der Waals surface area (Å²) in [6.07, 6.45) is 7.37. The molecule has 6 heterocycles. The Kier molecular flexibility index (Phi) is 10.3. The van der Waals surface area contributed by atoms with Crippen molar-refractivity contribution in [3.8, 4) is 31.2 Å². The van der Waals surface area contributed by atoms with Crippen molar-refractivity contribution in [1.29, 1.82) is 0 Å². The van der Waals surface area contributed by atoms with Crippen LogP contribution in [0.25, 0.3) is 31.2 Å². The number of benzene rings is 2. The SMILES string of the molecule is O=C(O)NC(C(=O)N1CCCC1c1nc(-c2cnc(-c3ncc(-c4c[nH]c([C@@H]5CCCN5C(=O)[C@H](NC(=O)O)c5ccccc5)n4)s3)s2)c[nH]1)c1ccccc1. The van der Waals surface area contributed by atoms with E-state index in [0.29, 0.717) is 70.1 Å². The lowest BCUT2D eigenvalue weighted by Crippen LogP contribution is -2.42. The first-order valence-electron chi connectivity index (χ1n) is 18.0. The molecule has 6 aromatic rings. The van der Waals surface area contributed by atoms with Crippen LogP contribution in [0.15, 0.2) is 85.5 Å². The minimum atomic E-state index is -1.28. The normalized spacial score (nSPS) is 17.8. The number of amides is 4. The lowest BCUT2D eigenvalue weighted by atomic mass is 10.1. The highest BCUT2D eigenvalue weighted by Crippen LogP contribution is 2.39. The predicted molar refractivity (Wildman–Crippen MR) is 206 cm³/mol. The Balaban J connectivity index is 0.954. The third kappa shape index (κ3) is 7.47. The number of rotatable bonds is 11. The number of nitrogens with zero attached hydrogens (tertiary/aromatic N) is 6. The highest BCUT2D eigenvalue weighted by atomic mass is 32.1. The van der Waals surface area contributed by atoms with Crippen LogP contribution < -0.4 is 10.6 Å². The summed E-state index contributed by atoms with van der Waals surface area (Å²) >= 11 is 2.86. The fraction of sp³-hybridized carbons (Fsp3) is 0.263. The molecule has 0 saturated carbocycles. The lowest BCUT2D eigenvalue weighted by Gasteiger charge is -2.28. The Labute approximate surface area is 327 Å². The molecule has 0 bridgehead atoms. The van der Waals surface area contributed by atoms with E-state index < -0.39 is 24.3 Å². The topological polar surface area (TPSA) is 222 Å². The van der Waals surface area contributed by atoms with Crippen molar-refractivity contribution < 1.29 is 29.4 Å². The molecule has 2 aliphatic heterocycles. The molecule has 56 heavy (non-hydrogen) atoms. The number of carbonyl (C=O) groups is 4. The van der Waals surface area contributed by atoms with Crippen molar-refractivity contribution in [1.82, 2.24) is 50.3 Å². The van der Waals surface area contributed by atoms with Gasteiger partial charge in [0.15, 0.2) is 10.0 Å². The molecule has 286 valence electrons. The van der Waals surface area contributed by atoms with Crippen LogP contribution in [-0.4, -0.2) is 87.0 Å². The molecule has 16 nitrogen and oxygen atoms in total.